The molecule has 0 amide bonds. The molecule has 41 atom stereocenters. The Morgan fingerprint density at radius 3 is 1.51 bits per heavy atom. The number of Topliss-reactive ketones (excluding diaryl/α,β-unsaturated/α-hetero) is 1. The number of carbonyl (C=O) groups excluding carboxylic acids is 1. The number of hydrogen-bond donors (Lipinski definition) is 18. The molecule has 1 spiro atoms. The zero-order chi connectivity index (χ0) is 68.2. The van der Waals surface area contributed by atoms with Gasteiger partial charge in [0.1, 0.15) is 146 Å². The molecule has 33 nitrogen and oxygen atoms in total. The Hall–Kier alpha value is -1.61. The Balaban J connectivity index is 0.724. The highest BCUT2D eigenvalue weighted by atomic mass is 16.8. The van der Waals surface area contributed by atoms with E-state index in [4.69, 9.17) is 66.3 Å². The minimum atomic E-state index is -2.20. The third-order valence-electron chi connectivity index (χ3n) is 24.1. The first-order valence-electron chi connectivity index (χ1n) is 33.7. The molecule has 0 bridgehead atoms. The minimum Gasteiger partial charge on any atom is -0.394 e. The molecular formula is C62H100O33. The van der Waals surface area contributed by atoms with Gasteiger partial charge in [0.05, 0.1) is 58.5 Å². The Labute approximate surface area is 547 Å². The fourth-order valence-electron chi connectivity index (χ4n) is 18.5. The molecule has 12 rings (SSSR count). The van der Waals surface area contributed by atoms with Crippen LogP contribution in [0.15, 0.2) is 0 Å². The zero-order valence-corrected chi connectivity index (χ0v) is 53.4. The van der Waals surface area contributed by atoms with Crippen molar-refractivity contribution in [2.75, 3.05) is 46.2 Å². The molecule has 0 radical (unpaired) electrons. The van der Waals surface area contributed by atoms with Crippen LogP contribution in [0.4, 0.5) is 0 Å². The lowest BCUT2D eigenvalue weighted by Gasteiger charge is -2.60. The van der Waals surface area contributed by atoms with Crippen LogP contribution in [0, 0.1) is 52.3 Å². The van der Waals surface area contributed by atoms with Gasteiger partial charge in [-0.1, -0.05) is 27.7 Å². The highest BCUT2D eigenvalue weighted by Gasteiger charge is 2.72. The summed E-state index contributed by atoms with van der Waals surface area (Å²) >= 11 is 0. The quantitative estimate of drug-likeness (QED) is 0.0602. The van der Waals surface area contributed by atoms with Crippen LogP contribution in [-0.2, 0) is 71.1 Å². The van der Waals surface area contributed by atoms with E-state index in [9.17, 15) is 96.7 Å². The minimum absolute atomic E-state index is 0.0533. The molecular weight excluding hydrogens is 1270 g/mol. The van der Waals surface area contributed by atoms with E-state index in [0.29, 0.717) is 49.9 Å². The molecule has 0 aromatic carbocycles. The molecule has 18 N–H and O–H groups in total. The topological polar surface area (TPSA) is 510 Å². The monoisotopic (exact) mass is 1370 g/mol. The summed E-state index contributed by atoms with van der Waals surface area (Å²) in [5.74, 6) is 0.993. The summed E-state index contributed by atoms with van der Waals surface area (Å²) < 4.78 is 84.7. The summed E-state index contributed by atoms with van der Waals surface area (Å²) in [5, 5.41) is 197. The summed E-state index contributed by atoms with van der Waals surface area (Å²) in [4.78, 5) is 14.8. The van der Waals surface area contributed by atoms with Gasteiger partial charge in [-0.2, -0.15) is 0 Å². The van der Waals surface area contributed by atoms with Crippen LogP contribution in [-0.4, -0.2) is 340 Å². The van der Waals surface area contributed by atoms with Gasteiger partial charge in [-0.05, 0) is 80.0 Å². The number of rotatable bonds is 17. The van der Waals surface area contributed by atoms with Crippen molar-refractivity contribution < 1.29 is 163 Å². The molecule has 546 valence electrons. The Morgan fingerprint density at radius 2 is 0.947 bits per heavy atom. The number of ketones is 1. The smallest absolute Gasteiger partial charge is 0.187 e. The molecule has 0 aromatic rings. The Bertz CT molecular complexity index is 2550. The molecule has 4 saturated carbocycles. The third kappa shape index (κ3) is 13.0. The second-order valence-electron chi connectivity index (χ2n) is 29.4. The normalized spacial score (nSPS) is 56.5. The maximum atomic E-state index is 14.8. The van der Waals surface area contributed by atoms with Crippen molar-refractivity contribution in [3.8, 4) is 0 Å². The predicted octanol–water partition coefficient (Wildman–Crippen LogP) is -7.44. The largest absolute Gasteiger partial charge is 0.394 e. The van der Waals surface area contributed by atoms with Crippen LogP contribution in [0.5, 0.6) is 0 Å². The molecule has 0 unspecified atom stereocenters. The number of hydrogen-bond acceptors (Lipinski definition) is 33. The zero-order valence-electron chi connectivity index (χ0n) is 53.4. The van der Waals surface area contributed by atoms with Gasteiger partial charge in [0.2, 0.25) is 0 Å². The SMILES string of the molecule is C[C@@H]1CC[C@]2(OC1)O[C@H]1C[C@@H]3[C@H]4CC[C@@H]5C[C@H](O[C@H]6O[C@@H](CO)[C@H](O[C@H]7O[C@@H](CO)[C@H](O)[C@@H](O[C@H]8OC[C@H](O)[C@@H](O[C@H]9O[C@@H](CO)[C@H](O[C@H]%10O[C@@H](CO)[C@H](O)[C@@H](O)[C@@H]%10O)[C@@H](O)[C@@H]9O)[C@@H]8O)[C@@H]7O[C@H]7O[C@@H](CO)[C@H](O)[C@@H](O)[C@@H]7O)[C@@H](O)[C@@H]6O)CC[C@]5(C)[C@H]4CC(=O)[C@]3(C)[C@H]1[C@@H]2C. The number of aliphatic hydroxyl groups excluding tert-OH is 18. The van der Waals surface area contributed by atoms with E-state index in [1.807, 2.05) is 0 Å². The van der Waals surface area contributed by atoms with E-state index in [0.717, 1.165) is 32.1 Å². The van der Waals surface area contributed by atoms with Crippen LogP contribution in [0.1, 0.15) is 85.5 Å². The highest BCUT2D eigenvalue weighted by Crippen LogP contribution is 2.70. The maximum Gasteiger partial charge on any atom is 0.187 e. The average Bonchev–Trinajstić information content (AvgIpc) is 1.56. The molecule has 12 fully saturated rings. The summed E-state index contributed by atoms with van der Waals surface area (Å²) in [6.07, 6.45) is -49.0. The second-order valence-corrected chi connectivity index (χ2v) is 29.4. The van der Waals surface area contributed by atoms with E-state index in [1.165, 1.54) is 0 Å². The summed E-state index contributed by atoms with van der Waals surface area (Å²) in [6.45, 7) is 4.08. The van der Waals surface area contributed by atoms with Gasteiger partial charge >= 0.3 is 0 Å². The third-order valence-corrected chi connectivity index (χ3v) is 24.1. The van der Waals surface area contributed by atoms with E-state index in [2.05, 4.69) is 27.7 Å². The van der Waals surface area contributed by atoms with Crippen molar-refractivity contribution in [2.24, 2.45) is 52.3 Å². The van der Waals surface area contributed by atoms with E-state index < -0.39 is 235 Å². The number of aliphatic hydroxyl groups is 18. The number of ether oxygens (including phenoxy) is 14. The van der Waals surface area contributed by atoms with Gasteiger partial charge in [-0.15, -0.1) is 0 Å². The van der Waals surface area contributed by atoms with Crippen molar-refractivity contribution in [2.45, 2.75) is 282 Å². The van der Waals surface area contributed by atoms with Crippen molar-refractivity contribution in [1.29, 1.82) is 0 Å². The van der Waals surface area contributed by atoms with Crippen molar-refractivity contribution in [1.82, 2.24) is 0 Å². The fourth-order valence-corrected chi connectivity index (χ4v) is 18.5. The lowest BCUT2D eigenvalue weighted by atomic mass is 9.44. The van der Waals surface area contributed by atoms with E-state index >= 15 is 0 Å². The van der Waals surface area contributed by atoms with Gasteiger partial charge in [0.15, 0.2) is 43.5 Å². The van der Waals surface area contributed by atoms with Gasteiger partial charge < -0.3 is 158 Å². The summed E-state index contributed by atoms with van der Waals surface area (Å²) in [6, 6.07) is 0. The summed E-state index contributed by atoms with van der Waals surface area (Å²) in [7, 11) is 0. The number of carbonyl (C=O) groups is 1. The molecule has 8 saturated heterocycles. The number of fused-ring (bicyclic) bond motifs is 7. The molecule has 8 aliphatic heterocycles. The van der Waals surface area contributed by atoms with Crippen molar-refractivity contribution >= 4 is 5.78 Å². The van der Waals surface area contributed by atoms with Crippen molar-refractivity contribution in [3.05, 3.63) is 0 Å². The molecule has 0 aromatic heterocycles. The standard InChI is InChI=1S/C62H100O33/c1-21-7-10-62(83-19-21)22(2)36-29(95-62)12-27-25-6-5-23-11-24(8-9-60(23,3)26(25)13-35(69)61(27,36)4)84-55-46(79)42(75)51(34(18-67)88-55)92-59-53(94-57-45(78)41(74)38(71)31(15-64)86-57)52(39(72)32(16-65)87-59)93-54-48(81)49(28(68)20-82-54)90-58-47(80)43(76)50(33(17-66)89-58)91-56-44(77)40(73)37(70)30(14-63)85-56/h21-34,36-59,63-68,70-81H,5-20H2,1-4H3/t21-,22+,23-,24-,25+,26+,27-,28+,29+,30+,31+,32+,33+,34+,36+,37+,38+,39+,40-,41-,42+,43+,44+,45+,46+,47+,48+,49-,50+,51+,52-,53+,54-,55+,56-,57-,58-,59-,60+,61-,62+/m1/s1. The average molecular weight is 1370 g/mol. The molecule has 8 heterocycles. The summed E-state index contributed by atoms with van der Waals surface area (Å²) in [5.41, 5.74) is -0.739. The van der Waals surface area contributed by atoms with Crippen LogP contribution < -0.4 is 0 Å². The maximum absolute atomic E-state index is 14.8. The lowest BCUT2D eigenvalue weighted by Crippen LogP contribution is -2.68. The molecule has 95 heavy (non-hydrogen) atoms. The van der Waals surface area contributed by atoms with Crippen LogP contribution in [0.25, 0.3) is 0 Å². The molecule has 4 aliphatic carbocycles. The van der Waals surface area contributed by atoms with Gasteiger partial charge in [-0.3, -0.25) is 4.79 Å². The van der Waals surface area contributed by atoms with Crippen LogP contribution >= 0.6 is 0 Å². The predicted molar refractivity (Wildman–Crippen MR) is 308 cm³/mol. The lowest BCUT2D eigenvalue weighted by molar-refractivity contribution is -0.407. The molecule has 12 aliphatic rings. The van der Waals surface area contributed by atoms with Gasteiger partial charge in [0.25, 0.3) is 0 Å². The Morgan fingerprint density at radius 1 is 0.453 bits per heavy atom. The first kappa shape index (κ1) is 73.2. The van der Waals surface area contributed by atoms with E-state index in [-0.39, 0.29) is 41.1 Å². The highest BCUT2D eigenvalue weighted by molar-refractivity contribution is 5.87. The van der Waals surface area contributed by atoms with Gasteiger partial charge in [0, 0.05) is 30.1 Å². The first-order chi connectivity index (χ1) is 45.2. The second kappa shape index (κ2) is 28.9. The fraction of sp³-hybridized carbons (Fsp3) is 0.984. The van der Waals surface area contributed by atoms with Crippen molar-refractivity contribution in [3.63, 3.8) is 0 Å². The van der Waals surface area contributed by atoms with E-state index in [1.54, 1.807) is 0 Å². The van der Waals surface area contributed by atoms with Crippen LogP contribution in [0.3, 0.4) is 0 Å². The van der Waals surface area contributed by atoms with Crippen LogP contribution in [0.2, 0.25) is 0 Å². The Kier molecular flexibility index (Phi) is 22.3. The van der Waals surface area contributed by atoms with Gasteiger partial charge in [-0.25, -0.2) is 0 Å². The molecule has 33 heteroatoms. The first-order valence-corrected chi connectivity index (χ1v) is 33.7.